The van der Waals surface area contributed by atoms with Crippen molar-refractivity contribution in [3.05, 3.63) is 35.9 Å². The molecule has 2 N–H and O–H groups in total. The van der Waals surface area contributed by atoms with Crippen molar-refractivity contribution < 1.29 is 9.90 Å². The molecular weight excluding hydrogens is 190 g/mol. The molecule has 0 heterocycles. The molecule has 2 rings (SSSR count). The minimum Gasteiger partial charge on any atom is -0.481 e. The number of carboxylic acid groups (broad SMARTS) is 1. The SMILES string of the molecule is CNCC1CC1(C(=O)O)c1ccccc1. The van der Waals surface area contributed by atoms with Crippen molar-refractivity contribution in [2.24, 2.45) is 5.92 Å². The highest BCUT2D eigenvalue weighted by atomic mass is 16.4. The normalized spacial score (nSPS) is 28.7. The van der Waals surface area contributed by atoms with Crippen LogP contribution in [0.3, 0.4) is 0 Å². The molecule has 3 nitrogen and oxygen atoms in total. The van der Waals surface area contributed by atoms with E-state index in [1.54, 1.807) is 0 Å². The molecule has 1 aliphatic carbocycles. The molecule has 2 atom stereocenters. The fourth-order valence-corrected chi connectivity index (χ4v) is 2.30. The average Bonchev–Trinajstić information content (AvgIpc) is 2.96. The van der Waals surface area contributed by atoms with Crippen LogP contribution in [0, 0.1) is 5.92 Å². The van der Waals surface area contributed by atoms with Crippen LogP contribution in [-0.2, 0) is 10.2 Å². The lowest BCUT2D eigenvalue weighted by molar-refractivity contribution is -0.140. The molecule has 0 amide bonds. The molecule has 1 aromatic rings. The topological polar surface area (TPSA) is 49.3 Å². The van der Waals surface area contributed by atoms with Gasteiger partial charge in [-0.3, -0.25) is 4.79 Å². The maximum Gasteiger partial charge on any atom is 0.314 e. The van der Waals surface area contributed by atoms with Crippen LogP contribution in [0.5, 0.6) is 0 Å². The van der Waals surface area contributed by atoms with Crippen LogP contribution in [0.1, 0.15) is 12.0 Å². The molecular formula is C12H15NO2. The second-order valence-electron chi connectivity index (χ2n) is 4.10. The smallest absolute Gasteiger partial charge is 0.314 e. The summed E-state index contributed by atoms with van der Waals surface area (Å²) in [6, 6.07) is 9.52. The van der Waals surface area contributed by atoms with Gasteiger partial charge in [-0.05, 0) is 31.5 Å². The highest BCUT2D eigenvalue weighted by Gasteiger charge is 2.60. The van der Waals surface area contributed by atoms with Crippen LogP contribution >= 0.6 is 0 Å². The van der Waals surface area contributed by atoms with E-state index in [-0.39, 0.29) is 5.92 Å². The van der Waals surface area contributed by atoms with Gasteiger partial charge in [0, 0.05) is 0 Å². The summed E-state index contributed by atoms with van der Waals surface area (Å²) in [4.78, 5) is 11.3. The first-order valence-corrected chi connectivity index (χ1v) is 5.15. The molecule has 0 radical (unpaired) electrons. The van der Waals surface area contributed by atoms with Crippen molar-refractivity contribution in [1.29, 1.82) is 0 Å². The number of hydrogen-bond acceptors (Lipinski definition) is 2. The van der Waals surface area contributed by atoms with Crippen LogP contribution in [0.4, 0.5) is 0 Å². The van der Waals surface area contributed by atoms with Gasteiger partial charge in [-0.2, -0.15) is 0 Å². The summed E-state index contributed by atoms with van der Waals surface area (Å²) >= 11 is 0. The molecule has 0 spiro atoms. The van der Waals surface area contributed by atoms with Gasteiger partial charge < -0.3 is 10.4 Å². The summed E-state index contributed by atoms with van der Waals surface area (Å²) in [5.74, 6) is -0.476. The van der Waals surface area contributed by atoms with Crippen molar-refractivity contribution in [2.45, 2.75) is 11.8 Å². The predicted molar refractivity (Wildman–Crippen MR) is 57.8 cm³/mol. The monoisotopic (exact) mass is 205 g/mol. The van der Waals surface area contributed by atoms with Gasteiger partial charge in [0.25, 0.3) is 0 Å². The Kier molecular flexibility index (Phi) is 2.49. The summed E-state index contributed by atoms with van der Waals surface area (Å²) in [7, 11) is 1.86. The van der Waals surface area contributed by atoms with E-state index < -0.39 is 11.4 Å². The fraction of sp³-hybridized carbons (Fsp3) is 0.417. The van der Waals surface area contributed by atoms with E-state index in [0.29, 0.717) is 0 Å². The second kappa shape index (κ2) is 3.66. The van der Waals surface area contributed by atoms with E-state index in [2.05, 4.69) is 5.32 Å². The summed E-state index contributed by atoms with van der Waals surface area (Å²) in [5, 5.41) is 12.4. The number of carbonyl (C=O) groups is 1. The van der Waals surface area contributed by atoms with Gasteiger partial charge >= 0.3 is 5.97 Å². The molecule has 1 aliphatic rings. The van der Waals surface area contributed by atoms with Crippen molar-refractivity contribution in [2.75, 3.05) is 13.6 Å². The van der Waals surface area contributed by atoms with Crippen molar-refractivity contribution >= 4 is 5.97 Å². The first-order chi connectivity index (χ1) is 7.21. The maximum absolute atomic E-state index is 11.3. The van der Waals surface area contributed by atoms with E-state index >= 15 is 0 Å². The largest absolute Gasteiger partial charge is 0.481 e. The number of rotatable bonds is 4. The number of benzene rings is 1. The highest BCUT2D eigenvalue weighted by Crippen LogP contribution is 2.54. The molecule has 1 saturated carbocycles. The van der Waals surface area contributed by atoms with Crippen LogP contribution in [0.25, 0.3) is 0 Å². The quantitative estimate of drug-likeness (QED) is 0.777. The molecule has 0 bridgehead atoms. The summed E-state index contributed by atoms with van der Waals surface area (Å²) in [6.07, 6.45) is 0.743. The van der Waals surface area contributed by atoms with Crippen LogP contribution in [0.15, 0.2) is 30.3 Å². The Hall–Kier alpha value is -1.35. The third-order valence-electron chi connectivity index (χ3n) is 3.23. The number of nitrogens with one attached hydrogen (secondary N) is 1. The zero-order valence-corrected chi connectivity index (χ0v) is 8.73. The van der Waals surface area contributed by atoms with Crippen molar-refractivity contribution in [3.8, 4) is 0 Å². The molecule has 0 aliphatic heterocycles. The number of carboxylic acids is 1. The van der Waals surface area contributed by atoms with Gasteiger partial charge in [0.15, 0.2) is 0 Å². The van der Waals surface area contributed by atoms with Crippen LogP contribution < -0.4 is 5.32 Å². The third-order valence-corrected chi connectivity index (χ3v) is 3.23. The van der Waals surface area contributed by atoms with Gasteiger partial charge in [-0.1, -0.05) is 30.3 Å². The van der Waals surface area contributed by atoms with E-state index in [0.717, 1.165) is 18.5 Å². The standard InChI is InChI=1S/C12H15NO2/c1-13-8-10-7-12(10,11(14)15)9-5-3-2-4-6-9/h2-6,10,13H,7-8H2,1H3,(H,14,15). The first-order valence-electron chi connectivity index (χ1n) is 5.15. The fourth-order valence-electron chi connectivity index (χ4n) is 2.30. The predicted octanol–water partition coefficient (Wildman–Crippen LogP) is 1.25. The zero-order chi connectivity index (χ0) is 10.9. The van der Waals surface area contributed by atoms with Gasteiger partial charge in [-0.25, -0.2) is 0 Å². The minimum absolute atomic E-state index is 0.224. The van der Waals surface area contributed by atoms with E-state index in [9.17, 15) is 9.90 Å². The van der Waals surface area contributed by atoms with Gasteiger partial charge in [0.1, 0.15) is 0 Å². The molecule has 1 fully saturated rings. The maximum atomic E-state index is 11.3. The Morgan fingerprint density at radius 3 is 2.73 bits per heavy atom. The van der Waals surface area contributed by atoms with E-state index in [4.69, 9.17) is 0 Å². The van der Waals surface area contributed by atoms with Crippen molar-refractivity contribution in [3.63, 3.8) is 0 Å². The first kappa shape index (κ1) is 10.2. The minimum atomic E-state index is -0.700. The number of aliphatic carboxylic acids is 1. The van der Waals surface area contributed by atoms with Crippen molar-refractivity contribution in [1.82, 2.24) is 5.32 Å². The van der Waals surface area contributed by atoms with Crippen LogP contribution in [0.2, 0.25) is 0 Å². The Balaban J connectivity index is 2.28. The zero-order valence-electron chi connectivity index (χ0n) is 8.73. The molecule has 80 valence electrons. The molecule has 3 heteroatoms. The van der Waals surface area contributed by atoms with Gasteiger partial charge in [-0.15, -0.1) is 0 Å². The highest BCUT2D eigenvalue weighted by molar-refractivity contribution is 5.85. The molecule has 15 heavy (non-hydrogen) atoms. The summed E-state index contributed by atoms with van der Waals surface area (Å²) < 4.78 is 0. The molecule has 2 unspecified atom stereocenters. The Labute approximate surface area is 89.1 Å². The van der Waals surface area contributed by atoms with E-state index in [1.165, 1.54) is 0 Å². The lowest BCUT2D eigenvalue weighted by atomic mass is 9.93. The Morgan fingerprint density at radius 2 is 2.20 bits per heavy atom. The molecule has 0 aromatic heterocycles. The second-order valence-corrected chi connectivity index (χ2v) is 4.10. The molecule has 0 saturated heterocycles. The van der Waals surface area contributed by atoms with Gasteiger partial charge in [0.05, 0.1) is 5.41 Å². The van der Waals surface area contributed by atoms with Crippen LogP contribution in [-0.4, -0.2) is 24.7 Å². The lowest BCUT2D eigenvalue weighted by Crippen LogP contribution is -2.26. The number of hydrogen-bond donors (Lipinski definition) is 2. The molecule has 1 aromatic carbocycles. The Bertz CT molecular complexity index is 363. The summed E-state index contributed by atoms with van der Waals surface area (Å²) in [5.41, 5.74) is 0.294. The van der Waals surface area contributed by atoms with Gasteiger partial charge in [0.2, 0.25) is 0 Å². The Morgan fingerprint density at radius 1 is 1.53 bits per heavy atom. The van der Waals surface area contributed by atoms with E-state index in [1.807, 2.05) is 37.4 Å². The lowest BCUT2D eigenvalue weighted by Gasteiger charge is -2.12. The average molecular weight is 205 g/mol. The summed E-state index contributed by atoms with van der Waals surface area (Å²) in [6.45, 7) is 0.765. The third kappa shape index (κ3) is 1.53.